The van der Waals surface area contributed by atoms with E-state index >= 15 is 0 Å². The maximum absolute atomic E-state index is 10.0. The fourth-order valence-electron chi connectivity index (χ4n) is 3.63. The molecule has 0 amide bonds. The third-order valence-electron chi connectivity index (χ3n) is 4.43. The highest BCUT2D eigenvalue weighted by molar-refractivity contribution is 5.37. The summed E-state index contributed by atoms with van der Waals surface area (Å²) in [6, 6.07) is 8.79. The van der Waals surface area contributed by atoms with Crippen molar-refractivity contribution in [1.82, 2.24) is 0 Å². The van der Waals surface area contributed by atoms with Crippen LogP contribution in [-0.4, -0.2) is 11.2 Å². The second-order valence-corrected chi connectivity index (χ2v) is 4.99. The van der Waals surface area contributed by atoms with Gasteiger partial charge in [0.05, 0.1) is 6.10 Å². The van der Waals surface area contributed by atoms with Gasteiger partial charge >= 0.3 is 0 Å². The molecular formula is C14H18O. The van der Waals surface area contributed by atoms with E-state index < -0.39 is 0 Å². The topological polar surface area (TPSA) is 20.2 Å². The second-order valence-electron chi connectivity index (χ2n) is 4.99. The summed E-state index contributed by atoms with van der Waals surface area (Å²) in [6.45, 7) is 2.20. The normalized spacial score (nSPS) is 37.7. The molecule has 1 nitrogen and oxygen atoms in total. The molecule has 0 spiro atoms. The van der Waals surface area contributed by atoms with Crippen LogP contribution < -0.4 is 0 Å². The summed E-state index contributed by atoms with van der Waals surface area (Å²) in [4.78, 5) is 0. The van der Waals surface area contributed by atoms with Crippen LogP contribution in [0, 0.1) is 11.8 Å². The number of fused-ring (bicyclic) bond motifs is 3. The second kappa shape index (κ2) is 3.34. The van der Waals surface area contributed by atoms with E-state index in [1.165, 1.54) is 17.5 Å². The fourth-order valence-corrected chi connectivity index (χ4v) is 3.63. The summed E-state index contributed by atoms with van der Waals surface area (Å²) >= 11 is 0. The third-order valence-corrected chi connectivity index (χ3v) is 4.43. The predicted octanol–water partition coefficient (Wildman–Crippen LogP) is 2.73. The van der Waals surface area contributed by atoms with Crippen LogP contribution in [0.4, 0.5) is 0 Å². The minimum absolute atomic E-state index is 0.0339. The number of rotatable bonds is 1. The summed E-state index contributed by atoms with van der Waals surface area (Å²) in [6.07, 6.45) is 3.41. The average Bonchev–Trinajstić information content (AvgIpc) is 2.28. The molecule has 3 rings (SSSR count). The van der Waals surface area contributed by atoms with Gasteiger partial charge in [0, 0.05) is 0 Å². The quantitative estimate of drug-likeness (QED) is 0.742. The average molecular weight is 202 g/mol. The highest BCUT2D eigenvalue weighted by Gasteiger charge is 2.50. The van der Waals surface area contributed by atoms with E-state index in [9.17, 15) is 5.11 Å². The summed E-state index contributed by atoms with van der Waals surface area (Å²) in [7, 11) is 0. The first-order valence-corrected chi connectivity index (χ1v) is 6.08. The molecule has 1 heteroatoms. The van der Waals surface area contributed by atoms with Crippen LogP contribution in [0.25, 0.3) is 0 Å². The van der Waals surface area contributed by atoms with Crippen molar-refractivity contribution in [3.05, 3.63) is 35.4 Å². The standard InChI is InChI=1S/C14H18O/c1-2-10-13-11-6-4-3-5-9(11)7-8-12(13)14(10)15/h3-6,10,12-15H,2,7-8H2,1H3. The minimum Gasteiger partial charge on any atom is -0.393 e. The first-order valence-electron chi connectivity index (χ1n) is 6.08. The molecule has 1 saturated carbocycles. The lowest BCUT2D eigenvalue weighted by atomic mass is 9.54. The Balaban J connectivity index is 1.99. The SMILES string of the molecule is CCC1C(O)C2CCc3ccccc3C12. The molecule has 1 aromatic rings. The van der Waals surface area contributed by atoms with Crippen LogP contribution in [0.3, 0.4) is 0 Å². The molecule has 4 unspecified atom stereocenters. The van der Waals surface area contributed by atoms with Crippen LogP contribution in [0.15, 0.2) is 24.3 Å². The van der Waals surface area contributed by atoms with Crippen LogP contribution in [0.5, 0.6) is 0 Å². The smallest absolute Gasteiger partial charge is 0.0608 e. The molecular weight excluding hydrogens is 184 g/mol. The van der Waals surface area contributed by atoms with E-state index in [1.54, 1.807) is 0 Å². The minimum atomic E-state index is -0.0339. The van der Waals surface area contributed by atoms with Gasteiger partial charge in [0.2, 0.25) is 0 Å². The van der Waals surface area contributed by atoms with Gasteiger partial charge in [-0.05, 0) is 41.7 Å². The lowest BCUT2D eigenvalue weighted by Crippen LogP contribution is -2.51. The van der Waals surface area contributed by atoms with Crippen molar-refractivity contribution in [1.29, 1.82) is 0 Å². The van der Waals surface area contributed by atoms with E-state index in [0.717, 1.165) is 12.8 Å². The zero-order valence-corrected chi connectivity index (χ0v) is 9.19. The van der Waals surface area contributed by atoms with Gasteiger partial charge in [-0.3, -0.25) is 0 Å². The van der Waals surface area contributed by atoms with Gasteiger partial charge in [-0.15, -0.1) is 0 Å². The molecule has 0 heterocycles. The van der Waals surface area contributed by atoms with E-state index in [2.05, 4.69) is 31.2 Å². The molecule has 0 bridgehead atoms. The third kappa shape index (κ3) is 1.19. The van der Waals surface area contributed by atoms with Gasteiger partial charge in [-0.2, -0.15) is 0 Å². The maximum atomic E-state index is 10.0. The van der Waals surface area contributed by atoms with Crippen molar-refractivity contribution in [3.63, 3.8) is 0 Å². The number of benzene rings is 1. The number of hydrogen-bond acceptors (Lipinski definition) is 1. The van der Waals surface area contributed by atoms with Crippen LogP contribution in [0.2, 0.25) is 0 Å². The molecule has 80 valence electrons. The monoisotopic (exact) mass is 202 g/mol. The fraction of sp³-hybridized carbons (Fsp3) is 0.571. The van der Waals surface area contributed by atoms with Gasteiger partial charge < -0.3 is 5.11 Å². The highest BCUT2D eigenvalue weighted by atomic mass is 16.3. The van der Waals surface area contributed by atoms with Crippen molar-refractivity contribution in [2.45, 2.75) is 38.2 Å². The van der Waals surface area contributed by atoms with Crippen molar-refractivity contribution in [2.75, 3.05) is 0 Å². The van der Waals surface area contributed by atoms with Crippen LogP contribution >= 0.6 is 0 Å². The van der Waals surface area contributed by atoms with Gasteiger partial charge in [0.25, 0.3) is 0 Å². The molecule has 1 fully saturated rings. The number of aliphatic hydroxyl groups excluding tert-OH is 1. The van der Waals surface area contributed by atoms with Crippen molar-refractivity contribution < 1.29 is 5.11 Å². The summed E-state index contributed by atoms with van der Waals surface area (Å²) in [5.74, 6) is 1.70. The molecule has 0 radical (unpaired) electrons. The Labute approximate surface area is 91.1 Å². The van der Waals surface area contributed by atoms with Gasteiger partial charge in [-0.1, -0.05) is 37.6 Å². The van der Waals surface area contributed by atoms with Gasteiger partial charge in [0.15, 0.2) is 0 Å². The summed E-state index contributed by atoms with van der Waals surface area (Å²) in [5.41, 5.74) is 3.04. The Bertz CT molecular complexity index is 371. The molecule has 1 N–H and O–H groups in total. The maximum Gasteiger partial charge on any atom is 0.0608 e. The summed E-state index contributed by atoms with van der Waals surface area (Å²) < 4.78 is 0. The van der Waals surface area contributed by atoms with Crippen molar-refractivity contribution >= 4 is 0 Å². The van der Waals surface area contributed by atoms with E-state index in [0.29, 0.717) is 17.8 Å². The predicted molar refractivity (Wildman–Crippen MR) is 60.8 cm³/mol. The zero-order chi connectivity index (χ0) is 10.4. The first kappa shape index (κ1) is 9.41. The number of aliphatic hydroxyl groups is 1. The molecule has 2 aliphatic rings. The zero-order valence-electron chi connectivity index (χ0n) is 9.19. The van der Waals surface area contributed by atoms with E-state index in [4.69, 9.17) is 0 Å². The Kier molecular flexibility index (Phi) is 2.10. The van der Waals surface area contributed by atoms with Gasteiger partial charge in [0.1, 0.15) is 0 Å². The molecule has 4 atom stereocenters. The Morgan fingerprint density at radius 2 is 2.13 bits per heavy atom. The number of hydrogen-bond donors (Lipinski definition) is 1. The molecule has 2 aliphatic carbocycles. The van der Waals surface area contributed by atoms with Crippen molar-refractivity contribution in [2.24, 2.45) is 11.8 Å². The Hall–Kier alpha value is -0.820. The molecule has 15 heavy (non-hydrogen) atoms. The van der Waals surface area contributed by atoms with E-state index in [1.807, 2.05) is 0 Å². The molecule has 0 aromatic heterocycles. The van der Waals surface area contributed by atoms with Crippen molar-refractivity contribution in [3.8, 4) is 0 Å². The lowest BCUT2D eigenvalue weighted by molar-refractivity contribution is -0.0751. The first-order chi connectivity index (χ1) is 7.33. The van der Waals surface area contributed by atoms with Crippen LogP contribution in [0.1, 0.15) is 36.8 Å². The number of aryl methyl sites for hydroxylation is 1. The Morgan fingerprint density at radius 3 is 2.93 bits per heavy atom. The highest BCUT2D eigenvalue weighted by Crippen LogP contribution is 2.54. The van der Waals surface area contributed by atoms with Gasteiger partial charge in [-0.25, -0.2) is 0 Å². The summed E-state index contributed by atoms with van der Waals surface area (Å²) in [5, 5.41) is 10.0. The Morgan fingerprint density at radius 1 is 1.33 bits per heavy atom. The lowest BCUT2D eigenvalue weighted by Gasteiger charge is -2.52. The van der Waals surface area contributed by atoms with E-state index in [-0.39, 0.29) is 6.10 Å². The largest absolute Gasteiger partial charge is 0.393 e. The molecule has 0 saturated heterocycles. The molecule has 0 aliphatic heterocycles. The van der Waals surface area contributed by atoms with Crippen LogP contribution in [-0.2, 0) is 6.42 Å². The molecule has 1 aromatic carbocycles.